The Bertz CT molecular complexity index is 413. The summed E-state index contributed by atoms with van der Waals surface area (Å²) in [7, 11) is 0. The fraction of sp³-hybridized carbons (Fsp3) is 0.462. The molecule has 2 nitrogen and oxygen atoms in total. The van der Waals surface area contributed by atoms with Crippen LogP contribution in [0.1, 0.15) is 29.5 Å². The molecule has 0 bridgehead atoms. The van der Waals surface area contributed by atoms with E-state index in [0.717, 1.165) is 23.8 Å². The number of nitrogens with zero attached hydrogens (tertiary/aromatic N) is 1. The lowest BCUT2D eigenvalue weighted by molar-refractivity contribution is 0.297. The fourth-order valence-corrected chi connectivity index (χ4v) is 1.55. The van der Waals surface area contributed by atoms with Crippen molar-refractivity contribution in [1.82, 2.24) is 0 Å². The molecule has 78 valence electrons. The highest BCUT2D eigenvalue weighted by Gasteiger charge is 2.23. The minimum absolute atomic E-state index is 0.652. The van der Waals surface area contributed by atoms with Gasteiger partial charge < -0.3 is 4.74 Å². The largest absolute Gasteiger partial charge is 0.492 e. The SMILES string of the molecule is Cc1ccc(C#N)c(OCC2CC2)c1C. The Morgan fingerprint density at radius 1 is 1.40 bits per heavy atom. The predicted octanol–water partition coefficient (Wildman–Crippen LogP) is 2.96. The monoisotopic (exact) mass is 201 g/mol. The van der Waals surface area contributed by atoms with Crippen LogP contribution in [0.15, 0.2) is 12.1 Å². The number of benzene rings is 1. The quantitative estimate of drug-likeness (QED) is 0.753. The average molecular weight is 201 g/mol. The maximum Gasteiger partial charge on any atom is 0.140 e. The lowest BCUT2D eigenvalue weighted by Gasteiger charge is -2.12. The van der Waals surface area contributed by atoms with Gasteiger partial charge in [-0.2, -0.15) is 5.26 Å². The van der Waals surface area contributed by atoms with Crippen molar-refractivity contribution in [2.24, 2.45) is 5.92 Å². The van der Waals surface area contributed by atoms with Crippen molar-refractivity contribution in [3.8, 4) is 11.8 Å². The van der Waals surface area contributed by atoms with Crippen LogP contribution in [-0.2, 0) is 0 Å². The van der Waals surface area contributed by atoms with Crippen molar-refractivity contribution in [3.05, 3.63) is 28.8 Å². The highest BCUT2D eigenvalue weighted by atomic mass is 16.5. The third kappa shape index (κ3) is 2.12. The molecule has 0 unspecified atom stereocenters. The smallest absolute Gasteiger partial charge is 0.140 e. The van der Waals surface area contributed by atoms with Crippen LogP contribution < -0.4 is 4.74 Å². The summed E-state index contributed by atoms with van der Waals surface area (Å²) in [6, 6.07) is 5.99. The van der Waals surface area contributed by atoms with Gasteiger partial charge in [-0.15, -0.1) is 0 Å². The molecule has 0 radical (unpaired) electrons. The third-order valence-corrected chi connectivity index (χ3v) is 2.96. The average Bonchev–Trinajstić information content (AvgIpc) is 3.04. The standard InChI is InChI=1S/C13H15NO/c1-9-3-6-12(7-14)13(10(9)2)15-8-11-4-5-11/h3,6,11H,4-5,8H2,1-2H3. The predicted molar refractivity (Wildman–Crippen MR) is 58.9 cm³/mol. The van der Waals surface area contributed by atoms with Gasteiger partial charge in [-0.25, -0.2) is 0 Å². The third-order valence-electron chi connectivity index (χ3n) is 2.96. The molecule has 1 aliphatic carbocycles. The Labute approximate surface area is 90.5 Å². The molecule has 0 N–H and O–H groups in total. The van der Waals surface area contributed by atoms with Crippen LogP contribution in [0.25, 0.3) is 0 Å². The van der Waals surface area contributed by atoms with Crippen molar-refractivity contribution in [1.29, 1.82) is 5.26 Å². The second-order valence-electron chi connectivity index (χ2n) is 4.25. The zero-order valence-corrected chi connectivity index (χ0v) is 9.21. The van der Waals surface area contributed by atoms with Crippen LogP contribution in [0.5, 0.6) is 5.75 Å². The first kappa shape index (κ1) is 10.0. The molecule has 0 amide bonds. The van der Waals surface area contributed by atoms with Crippen molar-refractivity contribution in [2.75, 3.05) is 6.61 Å². The highest BCUT2D eigenvalue weighted by molar-refractivity contribution is 5.51. The van der Waals surface area contributed by atoms with E-state index < -0.39 is 0 Å². The fourth-order valence-electron chi connectivity index (χ4n) is 1.55. The number of rotatable bonds is 3. The summed E-state index contributed by atoms with van der Waals surface area (Å²) in [6.45, 7) is 4.82. The number of aryl methyl sites for hydroxylation is 1. The Hall–Kier alpha value is -1.49. The van der Waals surface area contributed by atoms with Crippen LogP contribution in [0, 0.1) is 31.1 Å². The molecule has 2 heteroatoms. The van der Waals surface area contributed by atoms with Crippen LogP contribution >= 0.6 is 0 Å². The molecular formula is C13H15NO. The molecule has 1 fully saturated rings. The Morgan fingerprint density at radius 2 is 2.13 bits per heavy atom. The van der Waals surface area contributed by atoms with Gasteiger partial charge in [0, 0.05) is 0 Å². The summed E-state index contributed by atoms with van der Waals surface area (Å²) in [5.41, 5.74) is 2.92. The van der Waals surface area contributed by atoms with Crippen LogP contribution in [-0.4, -0.2) is 6.61 Å². The van der Waals surface area contributed by atoms with Gasteiger partial charge in [-0.1, -0.05) is 6.07 Å². The van der Waals surface area contributed by atoms with Crippen LogP contribution in [0.4, 0.5) is 0 Å². The first-order valence-corrected chi connectivity index (χ1v) is 5.35. The zero-order chi connectivity index (χ0) is 10.8. The maximum absolute atomic E-state index is 8.98. The lowest BCUT2D eigenvalue weighted by Crippen LogP contribution is -2.03. The molecule has 1 aromatic carbocycles. The highest BCUT2D eigenvalue weighted by Crippen LogP contribution is 2.32. The van der Waals surface area contributed by atoms with Crippen molar-refractivity contribution in [2.45, 2.75) is 26.7 Å². The van der Waals surface area contributed by atoms with E-state index in [-0.39, 0.29) is 0 Å². The molecule has 0 saturated heterocycles. The van der Waals surface area contributed by atoms with Gasteiger partial charge in [-0.3, -0.25) is 0 Å². The summed E-state index contributed by atoms with van der Waals surface area (Å²) in [6.07, 6.45) is 2.54. The van der Waals surface area contributed by atoms with E-state index in [9.17, 15) is 0 Å². The summed E-state index contributed by atoms with van der Waals surface area (Å²) in [5, 5.41) is 8.98. The second-order valence-corrected chi connectivity index (χ2v) is 4.25. The molecule has 1 aromatic rings. The second kappa shape index (κ2) is 3.94. The first-order chi connectivity index (χ1) is 7.22. The molecule has 15 heavy (non-hydrogen) atoms. The Morgan fingerprint density at radius 3 is 2.73 bits per heavy atom. The van der Waals surface area contributed by atoms with E-state index in [1.807, 2.05) is 26.0 Å². The lowest BCUT2D eigenvalue weighted by atomic mass is 10.1. The van der Waals surface area contributed by atoms with E-state index in [1.165, 1.54) is 18.4 Å². The normalized spacial score (nSPS) is 14.7. The molecule has 0 atom stereocenters. The van der Waals surface area contributed by atoms with Gasteiger partial charge in [-0.05, 0) is 49.8 Å². The molecule has 1 saturated carbocycles. The molecule has 0 heterocycles. The van der Waals surface area contributed by atoms with E-state index in [1.54, 1.807) is 0 Å². The number of ether oxygens (including phenoxy) is 1. The number of hydrogen-bond acceptors (Lipinski definition) is 2. The summed E-state index contributed by atoms with van der Waals surface area (Å²) in [5.74, 6) is 1.50. The molecule has 1 aliphatic rings. The zero-order valence-electron chi connectivity index (χ0n) is 9.21. The van der Waals surface area contributed by atoms with Gasteiger partial charge in [0.05, 0.1) is 12.2 Å². The van der Waals surface area contributed by atoms with Gasteiger partial charge in [0.25, 0.3) is 0 Å². The van der Waals surface area contributed by atoms with E-state index >= 15 is 0 Å². The Kier molecular flexibility index (Phi) is 2.64. The molecule has 0 aliphatic heterocycles. The Balaban J connectivity index is 2.24. The van der Waals surface area contributed by atoms with E-state index in [4.69, 9.17) is 10.00 Å². The molecule has 0 spiro atoms. The van der Waals surface area contributed by atoms with Gasteiger partial charge >= 0.3 is 0 Å². The van der Waals surface area contributed by atoms with Crippen molar-refractivity contribution < 1.29 is 4.74 Å². The van der Waals surface area contributed by atoms with Crippen molar-refractivity contribution >= 4 is 0 Å². The van der Waals surface area contributed by atoms with Gasteiger partial charge in [0.15, 0.2) is 0 Å². The minimum atomic E-state index is 0.652. The molecule has 0 aromatic heterocycles. The number of hydrogen-bond donors (Lipinski definition) is 0. The van der Waals surface area contributed by atoms with E-state index in [0.29, 0.717) is 5.56 Å². The summed E-state index contributed by atoms with van der Waals surface area (Å²) < 4.78 is 5.74. The molecule has 2 rings (SSSR count). The van der Waals surface area contributed by atoms with E-state index in [2.05, 4.69) is 6.07 Å². The maximum atomic E-state index is 8.98. The minimum Gasteiger partial charge on any atom is -0.492 e. The number of nitriles is 1. The summed E-state index contributed by atoms with van der Waals surface area (Å²) in [4.78, 5) is 0. The van der Waals surface area contributed by atoms with Gasteiger partial charge in [0.1, 0.15) is 11.8 Å². The topological polar surface area (TPSA) is 33.0 Å². The van der Waals surface area contributed by atoms with Crippen LogP contribution in [0.2, 0.25) is 0 Å². The van der Waals surface area contributed by atoms with Crippen LogP contribution in [0.3, 0.4) is 0 Å². The summed E-state index contributed by atoms with van der Waals surface area (Å²) >= 11 is 0. The van der Waals surface area contributed by atoms with Crippen molar-refractivity contribution in [3.63, 3.8) is 0 Å². The molecular weight excluding hydrogens is 186 g/mol. The first-order valence-electron chi connectivity index (χ1n) is 5.35. The van der Waals surface area contributed by atoms with Gasteiger partial charge in [0.2, 0.25) is 0 Å².